The second-order valence-corrected chi connectivity index (χ2v) is 7.52. The molecule has 0 aliphatic rings. The van der Waals surface area contributed by atoms with Gasteiger partial charge in [0.05, 0.1) is 11.0 Å². The molecule has 146 valence electrons. The fraction of sp³-hybridized carbons (Fsp3) is 0.286. The highest BCUT2D eigenvalue weighted by molar-refractivity contribution is 7.99. The Kier molecular flexibility index (Phi) is 6.71. The monoisotopic (exact) mass is 397 g/mol. The number of rotatable bonds is 9. The zero-order valence-corrected chi connectivity index (χ0v) is 16.6. The molecule has 0 unspecified atom stereocenters. The minimum atomic E-state index is -0.889. The molecule has 28 heavy (non-hydrogen) atoms. The second-order valence-electron chi connectivity index (χ2n) is 6.46. The first-order valence-electron chi connectivity index (χ1n) is 9.17. The summed E-state index contributed by atoms with van der Waals surface area (Å²) >= 11 is 1.53. The number of aromatic nitrogens is 2. The van der Waals surface area contributed by atoms with Crippen LogP contribution in [0.25, 0.3) is 11.0 Å². The van der Waals surface area contributed by atoms with Gasteiger partial charge in [-0.3, -0.25) is 9.59 Å². The van der Waals surface area contributed by atoms with Gasteiger partial charge in [-0.05, 0) is 37.1 Å². The fourth-order valence-corrected chi connectivity index (χ4v) is 3.97. The molecular formula is C21H23N3O3S. The summed E-state index contributed by atoms with van der Waals surface area (Å²) < 4.78 is 1.73. The maximum atomic E-state index is 12.3. The summed E-state index contributed by atoms with van der Waals surface area (Å²) in [5.74, 6) is -0.0143. The van der Waals surface area contributed by atoms with E-state index in [2.05, 4.69) is 4.98 Å². The van der Waals surface area contributed by atoms with Crippen molar-refractivity contribution in [2.24, 2.45) is 0 Å². The van der Waals surface area contributed by atoms with E-state index >= 15 is 0 Å². The molecule has 0 spiro atoms. The van der Waals surface area contributed by atoms with E-state index in [1.54, 1.807) is 16.5 Å². The van der Waals surface area contributed by atoms with Gasteiger partial charge in [-0.2, -0.15) is 0 Å². The average molecular weight is 398 g/mol. The van der Waals surface area contributed by atoms with E-state index in [1.165, 1.54) is 11.8 Å². The van der Waals surface area contributed by atoms with Crippen LogP contribution in [-0.4, -0.2) is 39.3 Å². The molecule has 0 atom stereocenters. The number of thioether (sulfide) groups is 1. The summed E-state index contributed by atoms with van der Waals surface area (Å²) in [5, 5.41) is 9.89. The molecular weight excluding hydrogens is 374 g/mol. The Morgan fingerprint density at radius 1 is 1.07 bits per heavy atom. The summed E-state index contributed by atoms with van der Waals surface area (Å²) in [7, 11) is 1.79. The number of nitrogens with zero attached hydrogens (tertiary/aromatic N) is 3. The number of benzene rings is 2. The molecule has 1 heterocycles. The first kappa shape index (κ1) is 19.9. The lowest BCUT2D eigenvalue weighted by molar-refractivity contribution is -0.137. The number of amides is 1. The fourth-order valence-electron chi connectivity index (χ4n) is 2.96. The predicted molar refractivity (Wildman–Crippen MR) is 112 cm³/mol. The third-order valence-corrected chi connectivity index (χ3v) is 5.51. The number of aliphatic carboxylic acids is 1. The lowest BCUT2D eigenvalue weighted by Gasteiger charge is -2.17. The van der Waals surface area contributed by atoms with E-state index < -0.39 is 5.97 Å². The van der Waals surface area contributed by atoms with E-state index in [4.69, 9.17) is 0 Å². The highest BCUT2D eigenvalue weighted by Gasteiger charge is 2.14. The van der Waals surface area contributed by atoms with Gasteiger partial charge in [0.1, 0.15) is 6.54 Å². The van der Waals surface area contributed by atoms with Crippen LogP contribution in [-0.2, 0) is 16.1 Å². The minimum absolute atomic E-state index is 0.0920. The second kappa shape index (κ2) is 9.41. The van der Waals surface area contributed by atoms with E-state index in [0.717, 1.165) is 35.3 Å². The number of unbranched alkanes of at least 4 members (excludes halogenated alkanes) is 1. The van der Waals surface area contributed by atoms with Crippen LogP contribution in [0, 0.1) is 0 Å². The maximum absolute atomic E-state index is 12.3. The Hall–Kier alpha value is -2.80. The minimum Gasteiger partial charge on any atom is -0.480 e. The first-order chi connectivity index (χ1) is 13.6. The molecule has 0 aliphatic carbocycles. The Morgan fingerprint density at radius 3 is 2.54 bits per heavy atom. The van der Waals surface area contributed by atoms with Crippen LogP contribution >= 0.6 is 11.8 Å². The lowest BCUT2D eigenvalue weighted by Crippen LogP contribution is -2.25. The zero-order valence-electron chi connectivity index (χ0n) is 15.7. The largest absolute Gasteiger partial charge is 0.480 e. The van der Waals surface area contributed by atoms with Crippen molar-refractivity contribution in [2.75, 3.05) is 17.7 Å². The predicted octanol–water partition coefficient (Wildman–Crippen LogP) is 4.05. The third kappa shape index (κ3) is 4.92. The average Bonchev–Trinajstić information content (AvgIpc) is 3.04. The lowest BCUT2D eigenvalue weighted by atomic mass is 10.2. The van der Waals surface area contributed by atoms with Crippen molar-refractivity contribution in [3.8, 4) is 0 Å². The number of carbonyl (C=O) groups excluding carboxylic acids is 1. The number of hydrogen-bond donors (Lipinski definition) is 1. The third-order valence-electron chi connectivity index (χ3n) is 4.45. The number of anilines is 1. The standard InChI is InChI=1S/C21H23N3O3S/c1-23(16-9-3-2-4-10-16)19(25)13-7-8-14-28-21-22-17-11-5-6-12-18(17)24(21)15-20(26)27/h2-6,9-12H,7-8,13-15H2,1H3,(H,26,27). The topological polar surface area (TPSA) is 75.4 Å². The molecule has 0 saturated heterocycles. The van der Waals surface area contributed by atoms with Crippen LogP contribution in [0.1, 0.15) is 19.3 Å². The number of carboxylic acids is 1. The molecule has 0 aliphatic heterocycles. The van der Waals surface area contributed by atoms with Crippen LogP contribution < -0.4 is 4.90 Å². The van der Waals surface area contributed by atoms with Crippen LogP contribution in [0.3, 0.4) is 0 Å². The Labute approximate surface area is 168 Å². The van der Waals surface area contributed by atoms with Crippen molar-refractivity contribution >= 4 is 40.4 Å². The molecule has 3 aromatic rings. The van der Waals surface area contributed by atoms with Gasteiger partial charge in [0.2, 0.25) is 5.91 Å². The van der Waals surface area contributed by atoms with Gasteiger partial charge in [0.25, 0.3) is 0 Å². The molecule has 1 amide bonds. The Bertz CT molecular complexity index is 956. The van der Waals surface area contributed by atoms with Gasteiger partial charge in [-0.1, -0.05) is 42.1 Å². The van der Waals surface area contributed by atoms with Crippen LogP contribution in [0.15, 0.2) is 59.8 Å². The SMILES string of the molecule is CN(C(=O)CCCCSc1nc2ccccc2n1CC(=O)O)c1ccccc1. The number of hydrogen-bond acceptors (Lipinski definition) is 4. The molecule has 7 heteroatoms. The number of carbonyl (C=O) groups is 2. The smallest absolute Gasteiger partial charge is 0.323 e. The van der Waals surface area contributed by atoms with E-state index in [0.29, 0.717) is 11.6 Å². The summed E-state index contributed by atoms with van der Waals surface area (Å²) in [6, 6.07) is 17.1. The zero-order chi connectivity index (χ0) is 19.9. The molecule has 0 saturated carbocycles. The molecule has 2 aromatic carbocycles. The Balaban J connectivity index is 1.51. The van der Waals surface area contributed by atoms with Gasteiger partial charge < -0.3 is 14.6 Å². The number of fused-ring (bicyclic) bond motifs is 1. The number of carboxylic acid groups (broad SMARTS) is 1. The summed E-state index contributed by atoms with van der Waals surface area (Å²) in [6.07, 6.45) is 2.12. The maximum Gasteiger partial charge on any atom is 0.323 e. The van der Waals surface area contributed by atoms with E-state index in [9.17, 15) is 14.7 Å². The summed E-state index contributed by atoms with van der Waals surface area (Å²) in [5.41, 5.74) is 2.52. The van der Waals surface area contributed by atoms with Crippen molar-refractivity contribution in [3.63, 3.8) is 0 Å². The Morgan fingerprint density at radius 2 is 1.79 bits per heavy atom. The molecule has 1 aromatic heterocycles. The number of para-hydroxylation sites is 3. The van der Waals surface area contributed by atoms with Crippen LogP contribution in [0.5, 0.6) is 0 Å². The van der Waals surface area contributed by atoms with E-state index in [-0.39, 0.29) is 12.5 Å². The van der Waals surface area contributed by atoms with Crippen molar-refractivity contribution in [3.05, 3.63) is 54.6 Å². The summed E-state index contributed by atoms with van der Waals surface area (Å²) in [6.45, 7) is -0.108. The number of imidazole rings is 1. The molecule has 0 radical (unpaired) electrons. The van der Waals surface area contributed by atoms with Gasteiger partial charge in [-0.25, -0.2) is 4.98 Å². The van der Waals surface area contributed by atoms with Gasteiger partial charge in [0, 0.05) is 24.9 Å². The molecule has 3 rings (SSSR count). The van der Waals surface area contributed by atoms with Crippen LogP contribution in [0.4, 0.5) is 5.69 Å². The highest BCUT2D eigenvalue weighted by Crippen LogP contribution is 2.25. The molecule has 1 N–H and O–H groups in total. The van der Waals surface area contributed by atoms with Crippen molar-refractivity contribution in [1.29, 1.82) is 0 Å². The summed E-state index contributed by atoms with van der Waals surface area (Å²) in [4.78, 5) is 29.7. The van der Waals surface area contributed by atoms with Gasteiger partial charge >= 0.3 is 5.97 Å². The normalized spacial score (nSPS) is 10.9. The van der Waals surface area contributed by atoms with Gasteiger partial charge in [0.15, 0.2) is 5.16 Å². The van der Waals surface area contributed by atoms with Crippen molar-refractivity contribution in [1.82, 2.24) is 9.55 Å². The highest BCUT2D eigenvalue weighted by atomic mass is 32.2. The first-order valence-corrected chi connectivity index (χ1v) is 10.2. The van der Waals surface area contributed by atoms with Crippen LogP contribution in [0.2, 0.25) is 0 Å². The quantitative estimate of drug-likeness (QED) is 0.436. The van der Waals surface area contributed by atoms with Crippen molar-refractivity contribution in [2.45, 2.75) is 31.0 Å². The van der Waals surface area contributed by atoms with Crippen molar-refractivity contribution < 1.29 is 14.7 Å². The molecule has 0 fully saturated rings. The van der Waals surface area contributed by atoms with E-state index in [1.807, 2.05) is 54.6 Å². The molecule has 6 nitrogen and oxygen atoms in total. The molecule has 0 bridgehead atoms. The van der Waals surface area contributed by atoms with Gasteiger partial charge in [-0.15, -0.1) is 0 Å².